The minimum atomic E-state index is -0.0966. The molecule has 4 rings (SSSR count). The van der Waals surface area contributed by atoms with Gasteiger partial charge in [0.05, 0.1) is 10.6 Å². The van der Waals surface area contributed by atoms with Crippen LogP contribution in [0.4, 0.5) is 10.7 Å². The van der Waals surface area contributed by atoms with Crippen LogP contribution >= 0.6 is 34.5 Å². The molecular weight excluding hydrogens is 459 g/mol. The number of thiophene rings is 1. The van der Waals surface area contributed by atoms with Crippen LogP contribution in [0.15, 0.2) is 41.4 Å². The van der Waals surface area contributed by atoms with Crippen molar-refractivity contribution in [1.29, 1.82) is 0 Å². The standard InChI is InChI=1S/C26H26Cl2N2OS/c1-16-9-12-20(13-17(16)2)30-25(31)24-21-7-5-3-4-6-8-23(21)32-26(24)29-15-18-10-11-19(27)14-22(18)28/h9-15H,3-8H2,1-2H3,(H,30,31). The molecule has 0 bridgehead atoms. The number of carbonyl (C=O) groups is 1. The first-order valence-corrected chi connectivity index (χ1v) is 12.5. The number of aliphatic imine (C=N–C) groups is 1. The van der Waals surface area contributed by atoms with Crippen molar-refractivity contribution in [2.45, 2.75) is 52.4 Å². The van der Waals surface area contributed by atoms with E-state index in [4.69, 9.17) is 28.2 Å². The van der Waals surface area contributed by atoms with Gasteiger partial charge in [0.2, 0.25) is 0 Å². The van der Waals surface area contributed by atoms with Crippen LogP contribution < -0.4 is 5.32 Å². The van der Waals surface area contributed by atoms with Crippen LogP contribution in [-0.4, -0.2) is 12.1 Å². The number of nitrogens with zero attached hydrogens (tertiary/aromatic N) is 1. The largest absolute Gasteiger partial charge is 0.322 e. The highest BCUT2D eigenvalue weighted by Gasteiger charge is 2.24. The van der Waals surface area contributed by atoms with Gasteiger partial charge in [-0.3, -0.25) is 4.79 Å². The summed E-state index contributed by atoms with van der Waals surface area (Å²) in [6, 6.07) is 11.3. The van der Waals surface area contributed by atoms with E-state index < -0.39 is 0 Å². The lowest BCUT2D eigenvalue weighted by Crippen LogP contribution is -2.14. The molecule has 0 radical (unpaired) electrons. The molecule has 0 atom stereocenters. The van der Waals surface area contributed by atoms with E-state index >= 15 is 0 Å². The quantitative estimate of drug-likeness (QED) is 0.371. The number of anilines is 1. The number of halogens is 2. The zero-order valence-corrected chi connectivity index (χ0v) is 20.6. The third kappa shape index (κ3) is 5.25. The maximum absolute atomic E-state index is 13.5. The normalized spacial score (nSPS) is 14.1. The Hall–Kier alpha value is -2.14. The van der Waals surface area contributed by atoms with Crippen molar-refractivity contribution in [2.75, 3.05) is 5.32 Å². The maximum atomic E-state index is 13.5. The van der Waals surface area contributed by atoms with Gasteiger partial charge in [-0.25, -0.2) is 4.99 Å². The van der Waals surface area contributed by atoms with E-state index in [0.29, 0.717) is 15.6 Å². The van der Waals surface area contributed by atoms with Gasteiger partial charge in [0.25, 0.3) is 5.91 Å². The lowest BCUT2D eigenvalue weighted by molar-refractivity contribution is 0.102. The van der Waals surface area contributed by atoms with E-state index in [-0.39, 0.29) is 5.91 Å². The number of nitrogens with one attached hydrogen (secondary N) is 1. The number of carbonyl (C=O) groups excluding carboxylic acids is 1. The number of rotatable bonds is 4. The Morgan fingerprint density at radius 3 is 2.53 bits per heavy atom. The van der Waals surface area contributed by atoms with E-state index in [0.717, 1.165) is 53.1 Å². The minimum Gasteiger partial charge on any atom is -0.322 e. The predicted octanol–water partition coefficient (Wildman–Crippen LogP) is 8.33. The predicted molar refractivity (Wildman–Crippen MR) is 138 cm³/mol. The second-order valence-corrected chi connectivity index (χ2v) is 10.2. The smallest absolute Gasteiger partial charge is 0.259 e. The summed E-state index contributed by atoms with van der Waals surface area (Å²) in [6.45, 7) is 4.12. The zero-order chi connectivity index (χ0) is 22.7. The molecule has 3 aromatic rings. The molecule has 3 nitrogen and oxygen atoms in total. The summed E-state index contributed by atoms with van der Waals surface area (Å²) >= 11 is 14.0. The molecule has 0 fully saturated rings. The molecule has 0 unspecified atom stereocenters. The van der Waals surface area contributed by atoms with Crippen molar-refractivity contribution in [3.8, 4) is 0 Å². The monoisotopic (exact) mass is 484 g/mol. The first-order valence-electron chi connectivity index (χ1n) is 10.9. The Morgan fingerprint density at radius 2 is 1.78 bits per heavy atom. The number of hydrogen-bond donors (Lipinski definition) is 1. The van der Waals surface area contributed by atoms with Gasteiger partial charge in [-0.2, -0.15) is 0 Å². The fourth-order valence-electron chi connectivity index (χ4n) is 3.98. The fourth-order valence-corrected chi connectivity index (χ4v) is 5.67. The lowest BCUT2D eigenvalue weighted by Gasteiger charge is -2.12. The number of hydrogen-bond acceptors (Lipinski definition) is 3. The summed E-state index contributed by atoms with van der Waals surface area (Å²) in [5, 5.41) is 4.97. The Bertz CT molecular complexity index is 1180. The molecule has 0 saturated carbocycles. The molecule has 1 aromatic heterocycles. The van der Waals surface area contributed by atoms with Crippen LogP contribution in [0.3, 0.4) is 0 Å². The second kappa shape index (κ2) is 10.2. The van der Waals surface area contributed by atoms with Crippen LogP contribution in [0.25, 0.3) is 0 Å². The number of aryl methyl sites for hydroxylation is 3. The van der Waals surface area contributed by atoms with Crippen LogP contribution in [0, 0.1) is 13.8 Å². The molecule has 1 amide bonds. The summed E-state index contributed by atoms with van der Waals surface area (Å²) in [5.41, 5.74) is 5.79. The third-order valence-electron chi connectivity index (χ3n) is 5.93. The topological polar surface area (TPSA) is 41.5 Å². The SMILES string of the molecule is Cc1ccc(NC(=O)c2c(N=Cc3ccc(Cl)cc3Cl)sc3c2CCCCCC3)cc1C. The van der Waals surface area contributed by atoms with Gasteiger partial charge in [-0.1, -0.05) is 48.2 Å². The van der Waals surface area contributed by atoms with E-state index in [1.165, 1.54) is 23.3 Å². The van der Waals surface area contributed by atoms with Crippen molar-refractivity contribution in [2.24, 2.45) is 4.99 Å². The highest BCUT2D eigenvalue weighted by molar-refractivity contribution is 7.16. The number of fused-ring (bicyclic) bond motifs is 1. The average Bonchev–Trinajstić information content (AvgIpc) is 3.06. The molecule has 0 spiro atoms. The molecule has 1 aliphatic rings. The summed E-state index contributed by atoms with van der Waals surface area (Å²) in [5.74, 6) is -0.0966. The molecule has 1 heterocycles. The van der Waals surface area contributed by atoms with Crippen molar-refractivity contribution >= 4 is 57.3 Å². The van der Waals surface area contributed by atoms with Crippen molar-refractivity contribution in [3.05, 3.63) is 79.1 Å². The average molecular weight is 485 g/mol. The number of benzene rings is 2. The zero-order valence-electron chi connectivity index (χ0n) is 18.3. The van der Waals surface area contributed by atoms with Crippen molar-refractivity contribution in [3.63, 3.8) is 0 Å². The van der Waals surface area contributed by atoms with Crippen molar-refractivity contribution < 1.29 is 4.79 Å². The van der Waals surface area contributed by atoms with E-state index in [2.05, 4.69) is 19.2 Å². The van der Waals surface area contributed by atoms with Crippen LogP contribution in [0.1, 0.15) is 63.2 Å². The van der Waals surface area contributed by atoms with Gasteiger partial charge < -0.3 is 5.32 Å². The lowest BCUT2D eigenvalue weighted by atomic mass is 9.96. The van der Waals surface area contributed by atoms with Gasteiger partial charge in [-0.05, 0) is 80.5 Å². The van der Waals surface area contributed by atoms with Gasteiger partial charge in [-0.15, -0.1) is 11.3 Å². The molecule has 0 aliphatic heterocycles. The second-order valence-electron chi connectivity index (χ2n) is 8.28. The van der Waals surface area contributed by atoms with Crippen LogP contribution in [0.5, 0.6) is 0 Å². The van der Waals surface area contributed by atoms with Gasteiger partial charge in [0.1, 0.15) is 5.00 Å². The van der Waals surface area contributed by atoms with Crippen LogP contribution in [-0.2, 0) is 12.8 Å². The summed E-state index contributed by atoms with van der Waals surface area (Å²) in [4.78, 5) is 19.5. The molecule has 0 saturated heterocycles. The Morgan fingerprint density at radius 1 is 1.00 bits per heavy atom. The Labute approximate surface area is 203 Å². The van der Waals surface area contributed by atoms with Gasteiger partial charge >= 0.3 is 0 Å². The van der Waals surface area contributed by atoms with E-state index in [1.54, 1.807) is 29.7 Å². The molecule has 32 heavy (non-hydrogen) atoms. The Balaban J connectivity index is 1.72. The summed E-state index contributed by atoms with van der Waals surface area (Å²) < 4.78 is 0. The first kappa shape index (κ1) is 23.0. The third-order valence-corrected chi connectivity index (χ3v) is 7.69. The summed E-state index contributed by atoms with van der Waals surface area (Å²) in [6.07, 6.45) is 8.33. The van der Waals surface area contributed by atoms with Crippen molar-refractivity contribution in [1.82, 2.24) is 0 Å². The van der Waals surface area contributed by atoms with E-state index in [1.807, 2.05) is 24.3 Å². The fraction of sp³-hybridized carbons (Fsp3) is 0.308. The minimum absolute atomic E-state index is 0.0966. The molecule has 166 valence electrons. The molecule has 1 N–H and O–H groups in total. The highest BCUT2D eigenvalue weighted by atomic mass is 35.5. The van der Waals surface area contributed by atoms with Gasteiger partial charge in [0, 0.05) is 27.4 Å². The molecule has 2 aromatic carbocycles. The van der Waals surface area contributed by atoms with E-state index in [9.17, 15) is 4.79 Å². The first-order chi connectivity index (χ1) is 15.4. The Kier molecular flexibility index (Phi) is 7.34. The molecule has 6 heteroatoms. The van der Waals surface area contributed by atoms with Gasteiger partial charge in [0.15, 0.2) is 0 Å². The molecular formula is C26H26Cl2N2OS. The number of amides is 1. The molecule has 1 aliphatic carbocycles. The van der Waals surface area contributed by atoms with Crippen LogP contribution in [0.2, 0.25) is 10.0 Å². The maximum Gasteiger partial charge on any atom is 0.259 e. The highest BCUT2D eigenvalue weighted by Crippen LogP contribution is 2.39. The summed E-state index contributed by atoms with van der Waals surface area (Å²) in [7, 11) is 0.